The van der Waals surface area contributed by atoms with E-state index in [1.54, 1.807) is 0 Å². The van der Waals surface area contributed by atoms with Gasteiger partial charge in [-0.05, 0) is 28.9 Å². The minimum Gasteiger partial charge on any atom is -1.00 e. The number of phenolic OH excluding ortho intramolecular Hbond substituents is 1. The molecule has 0 spiro atoms. The fourth-order valence-corrected chi connectivity index (χ4v) is 2.24. The number of halogens is 2. The Morgan fingerprint density at radius 3 is 1.33 bits per heavy atom. The summed E-state index contributed by atoms with van der Waals surface area (Å²) >= 11 is 0. The molecule has 0 bridgehead atoms. The van der Waals surface area contributed by atoms with Gasteiger partial charge < -0.3 is 53.1 Å². The summed E-state index contributed by atoms with van der Waals surface area (Å²) in [6.07, 6.45) is 0. The van der Waals surface area contributed by atoms with Gasteiger partial charge in [-0.1, -0.05) is 59.2 Å². The van der Waals surface area contributed by atoms with Crippen molar-refractivity contribution < 1.29 is 74.8 Å². The summed E-state index contributed by atoms with van der Waals surface area (Å²) in [5, 5.41) is 10.4. The first-order valence-corrected chi connectivity index (χ1v) is 7.54. The van der Waals surface area contributed by atoms with Gasteiger partial charge in [-0.3, -0.25) is 0 Å². The molecule has 133 valence electrons. The Kier molecular flexibility index (Phi) is 14.7. The van der Waals surface area contributed by atoms with Crippen LogP contribution in [0.3, 0.4) is 0 Å². The molecule has 4 heteroatoms. The third kappa shape index (κ3) is 9.30. The maximum Gasteiger partial charge on any atom is 3.00 e. The molecule has 1 nitrogen and oxygen atoms in total. The normalized spacial score (nSPS) is 10.3. The molecule has 2 aromatic carbocycles. The number of rotatable bonds is 0. The molecule has 2 rings (SSSR count). The summed E-state index contributed by atoms with van der Waals surface area (Å²) in [7, 11) is 0. The van der Waals surface area contributed by atoms with Crippen LogP contribution in [0.4, 0.5) is 0 Å². The number of hydrogen-bond acceptors (Lipinski definition) is 1. The molecule has 0 unspecified atom stereocenters. The number of benzene rings is 1. The quantitative estimate of drug-likeness (QED) is 0.256. The third-order valence-electron chi connectivity index (χ3n) is 3.43. The molecule has 1 radical (unpaired) electrons. The van der Waals surface area contributed by atoms with E-state index in [1.807, 2.05) is 30.3 Å². The van der Waals surface area contributed by atoms with Gasteiger partial charge >= 0.3 is 21.7 Å². The summed E-state index contributed by atoms with van der Waals surface area (Å²) in [4.78, 5) is 0. The van der Waals surface area contributed by atoms with E-state index in [1.165, 1.54) is 5.56 Å². The molecule has 0 aliphatic heterocycles. The van der Waals surface area contributed by atoms with Crippen LogP contribution in [0.2, 0.25) is 0 Å². The van der Waals surface area contributed by atoms with E-state index in [0.29, 0.717) is 5.75 Å². The molecule has 24 heavy (non-hydrogen) atoms. The summed E-state index contributed by atoms with van der Waals surface area (Å²) in [5.41, 5.74) is 3.26. The van der Waals surface area contributed by atoms with Crippen molar-refractivity contribution in [1.82, 2.24) is 0 Å². The van der Waals surface area contributed by atoms with Crippen molar-refractivity contribution in [3.8, 4) is 5.75 Å². The van der Waals surface area contributed by atoms with Crippen LogP contribution in [0, 0.1) is 6.92 Å². The molecule has 0 amide bonds. The molecule has 0 aromatic heterocycles. The number of aryl methyl sites for hydroxylation is 1. The second-order valence-electron chi connectivity index (χ2n) is 7.67. The Morgan fingerprint density at radius 1 is 0.792 bits per heavy atom. The Labute approximate surface area is 197 Å². The summed E-state index contributed by atoms with van der Waals surface area (Å²) in [6.45, 7) is 14.9. The maximum atomic E-state index is 10.4. The van der Waals surface area contributed by atoms with E-state index in [4.69, 9.17) is 0 Å². The van der Waals surface area contributed by atoms with Crippen LogP contribution in [0.5, 0.6) is 5.75 Å². The predicted molar refractivity (Wildman–Crippen MR) is 92.3 cm³/mol. The van der Waals surface area contributed by atoms with E-state index in [0.717, 1.165) is 11.1 Å². The third-order valence-corrected chi connectivity index (χ3v) is 3.43. The van der Waals surface area contributed by atoms with Gasteiger partial charge in [0.1, 0.15) is 5.75 Å². The van der Waals surface area contributed by atoms with E-state index in [2.05, 4.69) is 60.6 Å². The van der Waals surface area contributed by atoms with E-state index in [9.17, 15) is 5.11 Å². The van der Waals surface area contributed by atoms with Gasteiger partial charge in [0.15, 0.2) is 0 Å². The van der Waals surface area contributed by atoms with Crippen molar-refractivity contribution >= 4 is 0 Å². The minimum absolute atomic E-state index is 0. The van der Waals surface area contributed by atoms with Crippen LogP contribution >= 0.6 is 0 Å². The van der Waals surface area contributed by atoms with Gasteiger partial charge in [0.25, 0.3) is 0 Å². The van der Waals surface area contributed by atoms with Crippen LogP contribution in [0.25, 0.3) is 0 Å². The van der Waals surface area contributed by atoms with Gasteiger partial charge in [-0.15, -0.1) is 0 Å². The molecule has 0 aliphatic carbocycles. The molecule has 0 saturated heterocycles. The van der Waals surface area contributed by atoms with E-state index < -0.39 is 0 Å². The second kappa shape index (κ2) is 12.0. The molecule has 0 atom stereocenters. The van der Waals surface area contributed by atoms with Gasteiger partial charge in [-0.25, -0.2) is 12.1 Å². The first kappa shape index (κ1) is 29.3. The average Bonchev–Trinajstić information content (AvgIpc) is 2.87. The van der Waals surface area contributed by atoms with Crippen molar-refractivity contribution in [3.05, 3.63) is 59.2 Å². The Balaban J connectivity index is -0.000000475. The molecular weight excluding hydrogens is 558 g/mol. The molecule has 0 aliphatic rings. The zero-order chi connectivity index (χ0) is 16.3. The average molecular weight is 587 g/mol. The number of hydrogen-bond donors (Lipinski definition) is 1. The van der Waals surface area contributed by atoms with Gasteiger partial charge in [-0.2, -0.15) is 18.2 Å². The van der Waals surface area contributed by atoms with Gasteiger partial charge in [0.05, 0.1) is 0 Å². The first-order chi connectivity index (χ1) is 9.53. The molecule has 0 fully saturated rings. The molecule has 0 heterocycles. The molecule has 1 N–H and O–H groups in total. The van der Waals surface area contributed by atoms with Crippen LogP contribution in [-0.4, -0.2) is 5.11 Å². The predicted octanol–water partition coefficient (Wildman–Crippen LogP) is -0.293. The molecule has 2 aromatic rings. The van der Waals surface area contributed by atoms with Crippen molar-refractivity contribution in [2.45, 2.75) is 59.3 Å². The number of aromatic hydroxyl groups is 1. The van der Waals surface area contributed by atoms with E-state index >= 15 is 0 Å². The second-order valence-corrected chi connectivity index (χ2v) is 7.67. The van der Waals surface area contributed by atoms with Crippen molar-refractivity contribution in [2.24, 2.45) is 0 Å². The Morgan fingerprint density at radius 2 is 1.12 bits per heavy atom. The Bertz CT molecular complexity index is 512. The van der Waals surface area contributed by atoms with Crippen molar-refractivity contribution in [1.29, 1.82) is 0 Å². The molecular formula is C20H29I2OTi. The van der Waals surface area contributed by atoms with Crippen molar-refractivity contribution in [3.63, 3.8) is 0 Å². The summed E-state index contributed by atoms with van der Waals surface area (Å²) in [6, 6.07) is 14.2. The molecule has 0 saturated carbocycles. The van der Waals surface area contributed by atoms with Gasteiger partial charge in [0.2, 0.25) is 0 Å². The van der Waals surface area contributed by atoms with Crippen molar-refractivity contribution in [2.75, 3.05) is 0 Å². The van der Waals surface area contributed by atoms with Crippen LogP contribution < -0.4 is 48.0 Å². The minimum atomic E-state index is -0.0178. The fourth-order valence-electron chi connectivity index (χ4n) is 2.24. The Hall–Kier alpha value is 0.544. The first-order valence-electron chi connectivity index (χ1n) is 7.54. The maximum absolute atomic E-state index is 10.4. The van der Waals surface area contributed by atoms with Gasteiger partial charge in [0, 0.05) is 0 Å². The summed E-state index contributed by atoms with van der Waals surface area (Å²) < 4.78 is 0. The zero-order valence-corrected chi connectivity index (χ0v) is 21.6. The van der Waals surface area contributed by atoms with Crippen LogP contribution in [0.15, 0.2) is 42.5 Å². The number of phenols is 1. The smallest absolute Gasteiger partial charge is 1.00 e. The van der Waals surface area contributed by atoms with Crippen LogP contribution in [-0.2, 0) is 32.5 Å². The topological polar surface area (TPSA) is 20.2 Å². The zero-order valence-electron chi connectivity index (χ0n) is 15.7. The SMILES string of the molecule is Cc1cc(C(C)(C)C)c(O)c(C(C)(C)C)c1.[I-].[I-].[Ti+3].c1cc[cH-]c1. The monoisotopic (exact) mass is 587 g/mol. The standard InChI is InChI=1S/C15H24O.C5H5.2HI.Ti/c1-10-8-11(14(2,3)4)13(16)12(9-10)15(5,6)7;1-2-4-5-3-1;;;/h8-9,16H,1-7H3;1-5H;2*1H;/q;-1;;;+3/p-2. The largest absolute Gasteiger partial charge is 3.00 e. The van der Waals surface area contributed by atoms with E-state index in [-0.39, 0.29) is 80.5 Å². The fraction of sp³-hybridized carbons (Fsp3) is 0.450. The summed E-state index contributed by atoms with van der Waals surface area (Å²) in [5.74, 6) is 0.464. The van der Waals surface area contributed by atoms with Crippen LogP contribution in [0.1, 0.15) is 58.2 Å².